The fourth-order valence-corrected chi connectivity index (χ4v) is 1.61. The van der Waals surface area contributed by atoms with Crippen molar-refractivity contribution >= 4 is 28.5 Å². The van der Waals surface area contributed by atoms with Crippen molar-refractivity contribution < 1.29 is 9.90 Å². The van der Waals surface area contributed by atoms with E-state index in [0.29, 0.717) is 10.9 Å². The number of carboxylic acids is 1. The van der Waals surface area contributed by atoms with Gasteiger partial charge in [0.05, 0.1) is 10.5 Å². The number of H-pyrrole nitrogens is 1. The van der Waals surface area contributed by atoms with Crippen LogP contribution in [0.5, 0.6) is 0 Å². The summed E-state index contributed by atoms with van der Waals surface area (Å²) in [7, 11) is 0. The van der Waals surface area contributed by atoms with Gasteiger partial charge in [0.15, 0.2) is 0 Å². The number of nitrogens with zero attached hydrogens (tertiary/aromatic N) is 1. The Hall–Kier alpha value is -1.88. The van der Waals surface area contributed by atoms with Crippen molar-refractivity contribution in [2.24, 2.45) is 0 Å². The van der Waals surface area contributed by atoms with E-state index >= 15 is 0 Å². The lowest BCUT2D eigenvalue weighted by Gasteiger charge is -2.02. The Morgan fingerprint density at radius 2 is 2.27 bits per heavy atom. The normalized spacial score (nSPS) is 10.5. The van der Waals surface area contributed by atoms with Crippen LogP contribution in [0, 0.1) is 0 Å². The molecule has 0 aromatic carbocycles. The minimum atomic E-state index is -1.35. The number of carboxylic acid groups (broad SMARTS) is 1. The molecule has 0 radical (unpaired) electrons. The predicted octanol–water partition coefficient (Wildman–Crippen LogP) is 1.27. The molecule has 2 aromatic rings. The van der Waals surface area contributed by atoms with E-state index in [9.17, 15) is 9.59 Å². The Kier molecular flexibility index (Phi) is 2.17. The zero-order valence-corrected chi connectivity index (χ0v) is 8.08. The van der Waals surface area contributed by atoms with Gasteiger partial charge < -0.3 is 10.1 Å². The molecule has 0 aliphatic rings. The second-order valence-corrected chi connectivity index (χ2v) is 3.25. The molecule has 2 heterocycles. The van der Waals surface area contributed by atoms with Crippen LogP contribution < -0.4 is 5.56 Å². The molecule has 0 atom stereocenters. The number of aromatic amines is 1. The van der Waals surface area contributed by atoms with Gasteiger partial charge in [-0.15, -0.1) is 0 Å². The molecule has 76 valence electrons. The molecule has 0 saturated heterocycles. The Morgan fingerprint density at radius 3 is 2.93 bits per heavy atom. The Morgan fingerprint density at radius 1 is 1.53 bits per heavy atom. The molecule has 0 amide bonds. The summed E-state index contributed by atoms with van der Waals surface area (Å²) in [6, 6.07) is 1.55. The number of pyridine rings is 2. The maximum Gasteiger partial charge on any atom is 0.342 e. The van der Waals surface area contributed by atoms with Gasteiger partial charge in [-0.1, -0.05) is 11.6 Å². The number of halogens is 1. The van der Waals surface area contributed by atoms with Gasteiger partial charge in [-0.2, -0.15) is 0 Å². The number of nitrogens with one attached hydrogen (secondary N) is 1. The second-order valence-electron chi connectivity index (χ2n) is 2.87. The van der Waals surface area contributed by atoms with Gasteiger partial charge in [0, 0.05) is 17.8 Å². The largest absolute Gasteiger partial charge is 0.477 e. The third-order valence-corrected chi connectivity index (χ3v) is 2.36. The van der Waals surface area contributed by atoms with E-state index in [1.54, 1.807) is 6.07 Å². The number of hydrogen-bond acceptors (Lipinski definition) is 3. The molecule has 0 saturated carbocycles. The van der Waals surface area contributed by atoms with E-state index in [4.69, 9.17) is 16.7 Å². The van der Waals surface area contributed by atoms with Gasteiger partial charge in [0.25, 0.3) is 5.56 Å². The van der Waals surface area contributed by atoms with Gasteiger partial charge in [-0.3, -0.25) is 9.78 Å². The third-order valence-electron chi connectivity index (χ3n) is 1.97. The first kappa shape index (κ1) is 9.67. The van der Waals surface area contributed by atoms with Crippen molar-refractivity contribution in [3.8, 4) is 0 Å². The second kappa shape index (κ2) is 3.36. The molecule has 0 spiro atoms. The van der Waals surface area contributed by atoms with Crippen LogP contribution >= 0.6 is 11.6 Å². The topological polar surface area (TPSA) is 83.0 Å². The number of carbonyl (C=O) groups is 1. The summed E-state index contributed by atoms with van der Waals surface area (Å²) >= 11 is 5.80. The lowest BCUT2D eigenvalue weighted by Crippen LogP contribution is -2.18. The molecule has 15 heavy (non-hydrogen) atoms. The number of hydrogen-bond donors (Lipinski definition) is 2. The Bertz CT molecular complexity index is 606. The summed E-state index contributed by atoms with van der Waals surface area (Å²) in [4.78, 5) is 28.3. The smallest absolute Gasteiger partial charge is 0.342 e. The highest BCUT2D eigenvalue weighted by Crippen LogP contribution is 2.22. The van der Waals surface area contributed by atoms with Crippen molar-refractivity contribution in [1.82, 2.24) is 9.97 Å². The van der Waals surface area contributed by atoms with Crippen molar-refractivity contribution in [2.75, 3.05) is 0 Å². The van der Waals surface area contributed by atoms with Crippen molar-refractivity contribution in [2.45, 2.75) is 0 Å². The first-order valence-corrected chi connectivity index (χ1v) is 4.38. The monoisotopic (exact) mass is 224 g/mol. The van der Waals surface area contributed by atoms with Crippen LogP contribution in [0.3, 0.4) is 0 Å². The molecule has 6 heteroatoms. The fourth-order valence-electron chi connectivity index (χ4n) is 1.29. The van der Waals surface area contributed by atoms with Gasteiger partial charge in [0.1, 0.15) is 5.56 Å². The van der Waals surface area contributed by atoms with Crippen LogP contribution in [0.25, 0.3) is 10.9 Å². The first-order valence-electron chi connectivity index (χ1n) is 4.00. The summed E-state index contributed by atoms with van der Waals surface area (Å²) in [5, 5.41) is 9.11. The number of aromatic carboxylic acids is 1. The molecule has 2 aromatic heterocycles. The van der Waals surface area contributed by atoms with Gasteiger partial charge in [-0.05, 0) is 6.07 Å². The maximum atomic E-state index is 11.4. The van der Waals surface area contributed by atoms with E-state index in [-0.39, 0.29) is 5.02 Å². The minimum Gasteiger partial charge on any atom is -0.477 e. The first-order chi connectivity index (χ1) is 7.11. The zero-order valence-electron chi connectivity index (χ0n) is 7.32. The summed E-state index contributed by atoms with van der Waals surface area (Å²) in [6.07, 6.45) is 2.88. The Balaban J connectivity index is 2.97. The van der Waals surface area contributed by atoms with Crippen LogP contribution in [-0.2, 0) is 0 Å². The molecular formula is C9H5ClN2O3. The van der Waals surface area contributed by atoms with Gasteiger partial charge >= 0.3 is 5.97 Å². The number of fused-ring (bicyclic) bond motifs is 1. The van der Waals surface area contributed by atoms with Crippen LogP contribution in [0.15, 0.2) is 23.3 Å². The van der Waals surface area contributed by atoms with Crippen LogP contribution in [0.1, 0.15) is 10.4 Å². The quantitative estimate of drug-likeness (QED) is 0.764. The van der Waals surface area contributed by atoms with Crippen molar-refractivity contribution in [1.29, 1.82) is 0 Å². The van der Waals surface area contributed by atoms with E-state index < -0.39 is 17.1 Å². The summed E-state index contributed by atoms with van der Waals surface area (Å²) in [6.45, 7) is 0. The van der Waals surface area contributed by atoms with Crippen LogP contribution in [0.4, 0.5) is 0 Å². The third kappa shape index (κ3) is 1.46. The molecule has 2 N–H and O–H groups in total. The summed E-state index contributed by atoms with van der Waals surface area (Å²) < 4.78 is 0. The molecule has 0 fully saturated rings. The number of aromatic nitrogens is 2. The van der Waals surface area contributed by atoms with E-state index in [0.717, 1.165) is 0 Å². The van der Waals surface area contributed by atoms with E-state index in [1.807, 2.05) is 0 Å². The predicted molar refractivity (Wildman–Crippen MR) is 54.3 cm³/mol. The molecular weight excluding hydrogens is 220 g/mol. The molecule has 0 aliphatic heterocycles. The fraction of sp³-hybridized carbons (Fsp3) is 0. The average molecular weight is 225 g/mol. The van der Waals surface area contributed by atoms with Crippen LogP contribution in [-0.4, -0.2) is 21.0 Å². The zero-order chi connectivity index (χ0) is 11.0. The summed E-state index contributed by atoms with van der Waals surface area (Å²) in [5.41, 5.74) is -0.714. The van der Waals surface area contributed by atoms with Crippen molar-refractivity contribution in [3.05, 3.63) is 39.4 Å². The summed E-state index contributed by atoms with van der Waals surface area (Å²) in [5.74, 6) is -1.35. The molecule has 0 aliphatic carbocycles. The average Bonchev–Trinajstić information content (AvgIpc) is 2.17. The highest BCUT2D eigenvalue weighted by Gasteiger charge is 2.16. The van der Waals surface area contributed by atoms with E-state index in [2.05, 4.69) is 9.97 Å². The molecule has 2 rings (SSSR count). The van der Waals surface area contributed by atoms with Gasteiger partial charge in [-0.25, -0.2) is 4.79 Å². The SMILES string of the molecule is O=C(O)c1c(Cl)c2cnccc2[nH]c1=O. The molecule has 0 bridgehead atoms. The Labute approximate surface area is 88.3 Å². The minimum absolute atomic E-state index is 0.0886. The number of rotatable bonds is 1. The molecule has 0 unspecified atom stereocenters. The van der Waals surface area contributed by atoms with Gasteiger partial charge in [0.2, 0.25) is 0 Å². The van der Waals surface area contributed by atoms with Crippen LogP contribution in [0.2, 0.25) is 5.02 Å². The van der Waals surface area contributed by atoms with E-state index in [1.165, 1.54) is 12.4 Å². The highest BCUT2D eigenvalue weighted by molar-refractivity contribution is 6.38. The van der Waals surface area contributed by atoms with Crippen molar-refractivity contribution in [3.63, 3.8) is 0 Å². The lowest BCUT2D eigenvalue weighted by atomic mass is 10.2. The maximum absolute atomic E-state index is 11.4. The highest BCUT2D eigenvalue weighted by atomic mass is 35.5. The lowest BCUT2D eigenvalue weighted by molar-refractivity contribution is 0.0695. The molecule has 5 nitrogen and oxygen atoms in total. The standard InChI is InChI=1S/C9H5ClN2O3/c10-7-4-3-11-2-1-5(4)12-8(13)6(7)9(14)15/h1-3H,(H,12,13)(H,14,15).